The summed E-state index contributed by atoms with van der Waals surface area (Å²) in [6.07, 6.45) is 0. The summed E-state index contributed by atoms with van der Waals surface area (Å²) in [5.74, 6) is 1.66. The molecule has 0 amide bonds. The fourth-order valence-corrected chi connectivity index (χ4v) is 0.915. The standard InChI is InChI=1S/C9H21NS/c1-8(7-11)6-10(5)9(2,3)4/h8,11H,6-7H2,1-5H3. The average Bonchev–Trinajstić information content (AvgIpc) is 1.85. The van der Waals surface area contributed by atoms with Crippen LogP contribution in [0.4, 0.5) is 0 Å². The van der Waals surface area contributed by atoms with E-state index in [0.29, 0.717) is 5.92 Å². The first-order valence-electron chi connectivity index (χ1n) is 4.20. The average molecular weight is 175 g/mol. The van der Waals surface area contributed by atoms with E-state index >= 15 is 0 Å². The van der Waals surface area contributed by atoms with Gasteiger partial charge in [0.25, 0.3) is 0 Å². The van der Waals surface area contributed by atoms with E-state index in [4.69, 9.17) is 0 Å². The maximum Gasteiger partial charge on any atom is 0.0122 e. The molecule has 0 bridgehead atoms. The minimum atomic E-state index is 0.289. The maximum absolute atomic E-state index is 4.26. The minimum absolute atomic E-state index is 0.289. The second-order valence-corrected chi connectivity index (χ2v) is 4.70. The van der Waals surface area contributed by atoms with Gasteiger partial charge in [-0.05, 0) is 39.5 Å². The Kier molecular flexibility index (Phi) is 4.49. The zero-order valence-electron chi connectivity index (χ0n) is 8.39. The first kappa shape index (κ1) is 11.3. The zero-order valence-corrected chi connectivity index (χ0v) is 9.28. The van der Waals surface area contributed by atoms with Gasteiger partial charge < -0.3 is 4.90 Å². The molecule has 0 fully saturated rings. The molecule has 0 aliphatic heterocycles. The summed E-state index contributed by atoms with van der Waals surface area (Å²) in [5.41, 5.74) is 0.289. The van der Waals surface area contributed by atoms with Crippen LogP contribution >= 0.6 is 12.6 Å². The molecule has 0 N–H and O–H groups in total. The van der Waals surface area contributed by atoms with Gasteiger partial charge in [0.2, 0.25) is 0 Å². The molecule has 0 aliphatic rings. The van der Waals surface area contributed by atoms with E-state index in [1.54, 1.807) is 0 Å². The van der Waals surface area contributed by atoms with Crippen molar-refractivity contribution in [3.63, 3.8) is 0 Å². The molecule has 0 rings (SSSR count). The van der Waals surface area contributed by atoms with Gasteiger partial charge in [-0.2, -0.15) is 12.6 Å². The van der Waals surface area contributed by atoms with Crippen molar-refractivity contribution in [3.05, 3.63) is 0 Å². The van der Waals surface area contributed by atoms with Crippen LogP contribution in [0.1, 0.15) is 27.7 Å². The van der Waals surface area contributed by atoms with Crippen LogP contribution in [0, 0.1) is 5.92 Å². The largest absolute Gasteiger partial charge is 0.301 e. The predicted octanol–water partition coefficient (Wildman–Crippen LogP) is 2.28. The molecule has 0 heterocycles. The third-order valence-electron chi connectivity index (χ3n) is 2.04. The lowest BCUT2D eigenvalue weighted by molar-refractivity contribution is 0.158. The molecular formula is C9H21NS. The van der Waals surface area contributed by atoms with E-state index in [2.05, 4.69) is 52.3 Å². The number of hydrogen-bond acceptors (Lipinski definition) is 2. The van der Waals surface area contributed by atoms with Gasteiger partial charge in [-0.1, -0.05) is 6.92 Å². The predicted molar refractivity (Wildman–Crippen MR) is 55.4 cm³/mol. The molecule has 0 saturated heterocycles. The lowest BCUT2D eigenvalue weighted by atomic mass is 10.1. The van der Waals surface area contributed by atoms with Gasteiger partial charge in [-0.25, -0.2) is 0 Å². The molecule has 11 heavy (non-hydrogen) atoms. The molecule has 0 radical (unpaired) electrons. The molecule has 1 nitrogen and oxygen atoms in total. The molecule has 0 aromatic carbocycles. The van der Waals surface area contributed by atoms with Gasteiger partial charge in [-0.15, -0.1) is 0 Å². The van der Waals surface area contributed by atoms with Crippen molar-refractivity contribution in [3.8, 4) is 0 Å². The first-order valence-corrected chi connectivity index (χ1v) is 4.83. The van der Waals surface area contributed by atoms with Crippen LogP contribution in [0.25, 0.3) is 0 Å². The summed E-state index contributed by atoms with van der Waals surface area (Å²) in [7, 11) is 2.17. The van der Waals surface area contributed by atoms with E-state index in [-0.39, 0.29) is 5.54 Å². The molecule has 2 heteroatoms. The van der Waals surface area contributed by atoms with Gasteiger partial charge in [0.1, 0.15) is 0 Å². The molecule has 68 valence electrons. The quantitative estimate of drug-likeness (QED) is 0.644. The topological polar surface area (TPSA) is 3.24 Å². The summed E-state index contributed by atoms with van der Waals surface area (Å²) in [6.45, 7) is 10.1. The summed E-state index contributed by atoms with van der Waals surface area (Å²) in [5, 5.41) is 0. The highest BCUT2D eigenvalue weighted by Crippen LogP contribution is 2.12. The van der Waals surface area contributed by atoms with Crippen LogP contribution in [0.15, 0.2) is 0 Å². The zero-order chi connectivity index (χ0) is 9.07. The SMILES string of the molecule is CC(CS)CN(C)C(C)(C)C. The second kappa shape index (κ2) is 4.36. The van der Waals surface area contributed by atoms with Crippen LogP contribution in [0.2, 0.25) is 0 Å². The summed E-state index contributed by atoms with van der Waals surface area (Å²) in [6, 6.07) is 0. The Bertz CT molecular complexity index is 107. The monoisotopic (exact) mass is 175 g/mol. The van der Waals surface area contributed by atoms with E-state index in [1.165, 1.54) is 0 Å². The molecule has 0 aliphatic carbocycles. The third kappa shape index (κ3) is 4.70. The molecule has 0 aromatic heterocycles. The lowest BCUT2D eigenvalue weighted by Gasteiger charge is -2.33. The normalized spacial score (nSPS) is 15.5. The lowest BCUT2D eigenvalue weighted by Crippen LogP contribution is -2.40. The van der Waals surface area contributed by atoms with E-state index < -0.39 is 0 Å². The second-order valence-electron chi connectivity index (χ2n) is 4.34. The summed E-state index contributed by atoms with van der Waals surface area (Å²) < 4.78 is 0. The van der Waals surface area contributed by atoms with Crippen LogP contribution in [-0.4, -0.2) is 29.8 Å². The summed E-state index contributed by atoms with van der Waals surface area (Å²) >= 11 is 4.26. The smallest absolute Gasteiger partial charge is 0.0122 e. The molecule has 0 spiro atoms. The van der Waals surface area contributed by atoms with Gasteiger partial charge in [0, 0.05) is 12.1 Å². The number of rotatable bonds is 3. The summed E-state index contributed by atoms with van der Waals surface area (Å²) in [4.78, 5) is 2.37. The minimum Gasteiger partial charge on any atom is -0.301 e. The fraction of sp³-hybridized carbons (Fsp3) is 1.00. The van der Waals surface area contributed by atoms with E-state index in [1.807, 2.05) is 0 Å². The van der Waals surface area contributed by atoms with E-state index in [9.17, 15) is 0 Å². The van der Waals surface area contributed by atoms with Crippen LogP contribution in [-0.2, 0) is 0 Å². The first-order chi connectivity index (χ1) is 4.88. The van der Waals surface area contributed by atoms with Crippen molar-refractivity contribution in [2.24, 2.45) is 5.92 Å². The van der Waals surface area contributed by atoms with Crippen molar-refractivity contribution in [2.75, 3.05) is 19.3 Å². The Morgan fingerprint density at radius 2 is 1.82 bits per heavy atom. The number of hydrogen-bond donors (Lipinski definition) is 1. The Hall–Kier alpha value is 0.310. The molecule has 0 aromatic rings. The molecule has 1 unspecified atom stereocenters. The Morgan fingerprint density at radius 3 is 2.09 bits per heavy atom. The highest BCUT2D eigenvalue weighted by Gasteiger charge is 2.17. The number of nitrogens with zero attached hydrogens (tertiary/aromatic N) is 1. The van der Waals surface area contributed by atoms with Gasteiger partial charge in [0.15, 0.2) is 0 Å². The van der Waals surface area contributed by atoms with Crippen LogP contribution < -0.4 is 0 Å². The van der Waals surface area contributed by atoms with Crippen LogP contribution in [0.5, 0.6) is 0 Å². The van der Waals surface area contributed by atoms with Crippen molar-refractivity contribution >= 4 is 12.6 Å². The van der Waals surface area contributed by atoms with Crippen molar-refractivity contribution in [2.45, 2.75) is 33.2 Å². The highest BCUT2D eigenvalue weighted by atomic mass is 32.1. The van der Waals surface area contributed by atoms with Gasteiger partial charge >= 0.3 is 0 Å². The Balaban J connectivity index is 3.77. The maximum atomic E-state index is 4.26. The van der Waals surface area contributed by atoms with Crippen molar-refractivity contribution in [1.82, 2.24) is 4.90 Å². The van der Waals surface area contributed by atoms with E-state index in [0.717, 1.165) is 12.3 Å². The van der Waals surface area contributed by atoms with Crippen LogP contribution in [0.3, 0.4) is 0 Å². The highest BCUT2D eigenvalue weighted by molar-refractivity contribution is 7.80. The Labute approximate surface area is 76.6 Å². The van der Waals surface area contributed by atoms with Crippen molar-refractivity contribution < 1.29 is 0 Å². The third-order valence-corrected chi connectivity index (χ3v) is 2.67. The Morgan fingerprint density at radius 1 is 1.36 bits per heavy atom. The molecular weight excluding hydrogens is 154 g/mol. The van der Waals surface area contributed by atoms with Gasteiger partial charge in [-0.3, -0.25) is 0 Å². The molecule has 1 atom stereocenters. The van der Waals surface area contributed by atoms with Crippen molar-refractivity contribution in [1.29, 1.82) is 0 Å². The van der Waals surface area contributed by atoms with Gasteiger partial charge in [0.05, 0.1) is 0 Å². The molecule has 0 saturated carbocycles. The fourth-order valence-electron chi connectivity index (χ4n) is 0.799. The number of thiol groups is 1.